The molecule has 19 heavy (non-hydrogen) atoms. The molecule has 0 spiro atoms. The Hall–Kier alpha value is -1.43. The Kier molecular flexibility index (Phi) is 4.52. The Balaban J connectivity index is 2.25. The molecule has 0 fully saturated rings. The molecule has 0 aliphatic carbocycles. The van der Waals surface area contributed by atoms with Crippen LogP contribution >= 0.6 is 22.9 Å². The van der Waals surface area contributed by atoms with Crippen LogP contribution in [-0.2, 0) is 17.8 Å². The van der Waals surface area contributed by atoms with Gasteiger partial charge in [-0.25, -0.2) is 9.78 Å². The molecule has 0 atom stereocenters. The second kappa shape index (κ2) is 6.14. The van der Waals surface area contributed by atoms with Crippen LogP contribution in [0.5, 0.6) is 0 Å². The molecule has 0 aliphatic heterocycles. The third kappa shape index (κ3) is 3.53. The smallest absolute Gasteiger partial charge is 0.347 e. The van der Waals surface area contributed by atoms with Crippen molar-refractivity contribution in [3.8, 4) is 0 Å². The number of aromatic carboxylic acids is 1. The summed E-state index contributed by atoms with van der Waals surface area (Å²) in [6, 6.07) is 7.44. The van der Waals surface area contributed by atoms with Crippen LogP contribution < -0.4 is 0 Å². The number of methoxy groups -OCH3 is 1. The number of aromatic nitrogens is 1. The van der Waals surface area contributed by atoms with Gasteiger partial charge in [-0.05, 0) is 17.7 Å². The number of thiazole rings is 1. The number of carboxylic acids is 1. The summed E-state index contributed by atoms with van der Waals surface area (Å²) >= 11 is 7.09. The fraction of sp³-hybridized carbons (Fsp3) is 0.231. The minimum Gasteiger partial charge on any atom is -0.477 e. The fourth-order valence-electron chi connectivity index (χ4n) is 1.70. The van der Waals surface area contributed by atoms with Gasteiger partial charge in [0, 0.05) is 18.6 Å². The van der Waals surface area contributed by atoms with Crippen LogP contribution in [0.25, 0.3) is 0 Å². The van der Waals surface area contributed by atoms with E-state index < -0.39 is 5.97 Å². The highest BCUT2D eigenvalue weighted by atomic mass is 35.5. The molecule has 1 heterocycles. The summed E-state index contributed by atoms with van der Waals surface area (Å²) in [5.41, 5.74) is 1.47. The fourth-order valence-corrected chi connectivity index (χ4v) is 2.85. The lowest BCUT2D eigenvalue weighted by atomic mass is 10.2. The molecule has 0 unspecified atom stereocenters. The van der Waals surface area contributed by atoms with Crippen molar-refractivity contribution in [1.82, 2.24) is 4.98 Å². The Labute approximate surface area is 119 Å². The molecule has 0 amide bonds. The highest BCUT2D eigenvalue weighted by Gasteiger charge is 2.17. The third-order valence-corrected chi connectivity index (χ3v) is 3.78. The van der Waals surface area contributed by atoms with E-state index in [1.165, 1.54) is 18.4 Å². The number of hydrogen-bond acceptors (Lipinski definition) is 4. The van der Waals surface area contributed by atoms with E-state index >= 15 is 0 Å². The maximum Gasteiger partial charge on any atom is 0.347 e. The number of rotatable bonds is 5. The summed E-state index contributed by atoms with van der Waals surface area (Å²) in [4.78, 5) is 15.7. The quantitative estimate of drug-likeness (QED) is 0.920. The van der Waals surface area contributed by atoms with Gasteiger partial charge in [0.1, 0.15) is 4.88 Å². The van der Waals surface area contributed by atoms with Crippen LogP contribution in [0.2, 0.25) is 5.02 Å². The number of hydrogen-bond donors (Lipinski definition) is 1. The monoisotopic (exact) mass is 297 g/mol. The molecule has 0 bridgehead atoms. The molecule has 2 rings (SSSR count). The zero-order valence-corrected chi connectivity index (χ0v) is 11.8. The van der Waals surface area contributed by atoms with Crippen molar-refractivity contribution >= 4 is 28.9 Å². The van der Waals surface area contributed by atoms with Gasteiger partial charge in [0.25, 0.3) is 0 Å². The molecule has 1 aromatic carbocycles. The van der Waals surface area contributed by atoms with Gasteiger partial charge in [-0.15, -0.1) is 11.3 Å². The highest BCUT2D eigenvalue weighted by Crippen LogP contribution is 2.23. The molecule has 0 radical (unpaired) electrons. The molecule has 4 nitrogen and oxygen atoms in total. The first-order chi connectivity index (χ1) is 9.10. The minimum absolute atomic E-state index is 0.202. The second-order valence-corrected chi connectivity index (χ2v) is 5.45. The number of benzene rings is 1. The number of halogens is 1. The van der Waals surface area contributed by atoms with Crippen LogP contribution in [0.4, 0.5) is 0 Å². The number of carboxylic acid groups (broad SMARTS) is 1. The standard InChI is InChI=1S/C13H12ClNO3S/c1-18-7-10-12(13(16)17)19-11(15-10)6-8-3-2-4-9(14)5-8/h2-5H,6-7H2,1H3,(H,16,17). The van der Waals surface area contributed by atoms with E-state index in [2.05, 4.69) is 4.98 Å². The molecule has 0 aliphatic rings. The Morgan fingerprint density at radius 1 is 1.53 bits per heavy atom. The van der Waals surface area contributed by atoms with Gasteiger partial charge in [-0.1, -0.05) is 23.7 Å². The van der Waals surface area contributed by atoms with Crippen molar-refractivity contribution < 1.29 is 14.6 Å². The van der Waals surface area contributed by atoms with Gasteiger partial charge in [-0.2, -0.15) is 0 Å². The predicted octanol–water partition coefficient (Wildman–Crippen LogP) is 3.23. The third-order valence-electron chi connectivity index (χ3n) is 2.46. The van der Waals surface area contributed by atoms with Crippen molar-refractivity contribution in [2.45, 2.75) is 13.0 Å². The molecule has 1 N–H and O–H groups in total. The topological polar surface area (TPSA) is 59.4 Å². The molecule has 6 heteroatoms. The molecule has 0 saturated heterocycles. The van der Waals surface area contributed by atoms with Crippen LogP contribution in [0.1, 0.15) is 25.9 Å². The van der Waals surface area contributed by atoms with Gasteiger partial charge >= 0.3 is 5.97 Å². The number of nitrogens with zero attached hydrogens (tertiary/aromatic N) is 1. The van der Waals surface area contributed by atoms with E-state index in [-0.39, 0.29) is 11.5 Å². The lowest BCUT2D eigenvalue weighted by Crippen LogP contribution is -1.99. The number of carbonyl (C=O) groups is 1. The lowest BCUT2D eigenvalue weighted by Gasteiger charge is -1.98. The van der Waals surface area contributed by atoms with Gasteiger partial charge in [0.05, 0.1) is 17.3 Å². The Morgan fingerprint density at radius 3 is 2.95 bits per heavy atom. The van der Waals surface area contributed by atoms with E-state index in [0.717, 1.165) is 10.6 Å². The predicted molar refractivity (Wildman–Crippen MR) is 74.0 cm³/mol. The summed E-state index contributed by atoms with van der Waals surface area (Å²) < 4.78 is 4.96. The molecule has 1 aromatic heterocycles. The van der Waals surface area contributed by atoms with Gasteiger partial charge in [-0.3, -0.25) is 0 Å². The average molecular weight is 298 g/mol. The van der Waals surface area contributed by atoms with Crippen molar-refractivity contribution in [2.24, 2.45) is 0 Å². The maximum atomic E-state index is 11.1. The first-order valence-corrected chi connectivity index (χ1v) is 6.75. The van der Waals surface area contributed by atoms with Gasteiger partial charge in [0.2, 0.25) is 0 Å². The lowest BCUT2D eigenvalue weighted by molar-refractivity contribution is 0.0697. The molecular formula is C13H12ClNO3S. The van der Waals surface area contributed by atoms with E-state index in [4.69, 9.17) is 21.4 Å². The number of ether oxygens (including phenoxy) is 1. The van der Waals surface area contributed by atoms with Crippen molar-refractivity contribution in [1.29, 1.82) is 0 Å². The summed E-state index contributed by atoms with van der Waals surface area (Å²) in [7, 11) is 1.52. The van der Waals surface area contributed by atoms with Crippen LogP contribution in [0, 0.1) is 0 Å². The normalized spacial score (nSPS) is 10.6. The molecule has 2 aromatic rings. The van der Waals surface area contributed by atoms with Crippen molar-refractivity contribution in [2.75, 3.05) is 7.11 Å². The molecular weight excluding hydrogens is 286 g/mol. The molecule has 0 saturated carbocycles. The van der Waals surface area contributed by atoms with E-state index in [1.54, 1.807) is 6.07 Å². The average Bonchev–Trinajstić information content (AvgIpc) is 2.73. The second-order valence-electron chi connectivity index (χ2n) is 3.93. The van der Waals surface area contributed by atoms with Crippen LogP contribution in [0.3, 0.4) is 0 Å². The van der Waals surface area contributed by atoms with E-state index in [9.17, 15) is 4.79 Å². The van der Waals surface area contributed by atoms with Crippen molar-refractivity contribution in [3.05, 3.63) is 50.4 Å². The Morgan fingerprint density at radius 2 is 2.32 bits per heavy atom. The van der Waals surface area contributed by atoms with Crippen molar-refractivity contribution in [3.63, 3.8) is 0 Å². The zero-order valence-electron chi connectivity index (χ0n) is 10.2. The minimum atomic E-state index is -0.970. The first kappa shape index (κ1) is 14.0. The summed E-state index contributed by atoms with van der Waals surface area (Å²) in [5.74, 6) is -0.970. The van der Waals surface area contributed by atoms with Crippen LogP contribution in [0.15, 0.2) is 24.3 Å². The SMILES string of the molecule is COCc1nc(Cc2cccc(Cl)c2)sc1C(=O)O. The van der Waals surface area contributed by atoms with E-state index in [0.29, 0.717) is 17.1 Å². The largest absolute Gasteiger partial charge is 0.477 e. The zero-order chi connectivity index (χ0) is 13.8. The summed E-state index contributed by atoms with van der Waals surface area (Å²) in [6.45, 7) is 0.202. The van der Waals surface area contributed by atoms with Gasteiger partial charge in [0.15, 0.2) is 0 Å². The van der Waals surface area contributed by atoms with E-state index in [1.807, 2.05) is 18.2 Å². The highest BCUT2D eigenvalue weighted by molar-refractivity contribution is 7.13. The maximum absolute atomic E-state index is 11.1. The Bertz CT molecular complexity index is 597. The first-order valence-electron chi connectivity index (χ1n) is 5.55. The van der Waals surface area contributed by atoms with Crippen LogP contribution in [-0.4, -0.2) is 23.2 Å². The summed E-state index contributed by atoms with van der Waals surface area (Å²) in [6.07, 6.45) is 0.565. The van der Waals surface area contributed by atoms with Gasteiger partial charge < -0.3 is 9.84 Å². The molecule has 100 valence electrons. The summed E-state index contributed by atoms with van der Waals surface area (Å²) in [5, 5.41) is 10.5.